The Labute approximate surface area is 166 Å². The number of hydrogen-bond donors (Lipinski definition) is 2. The lowest BCUT2D eigenvalue weighted by Gasteiger charge is -2.26. The van der Waals surface area contributed by atoms with E-state index in [9.17, 15) is 9.59 Å². The smallest absolute Gasteiger partial charge is 0.266 e. The average molecular weight is 431 g/mol. The molecule has 1 amide bonds. The predicted molar refractivity (Wildman–Crippen MR) is 109 cm³/mol. The summed E-state index contributed by atoms with van der Waals surface area (Å²) in [6.45, 7) is 8.48. The summed E-state index contributed by atoms with van der Waals surface area (Å²) in [5.74, 6) is -0.0676. The van der Waals surface area contributed by atoms with Crippen LogP contribution in [0, 0.1) is 13.8 Å². The zero-order valence-electron chi connectivity index (χ0n) is 15.9. The fourth-order valence-electron chi connectivity index (χ4n) is 3.16. The van der Waals surface area contributed by atoms with Crippen LogP contribution < -0.4 is 10.9 Å². The zero-order chi connectivity index (χ0) is 19.8. The van der Waals surface area contributed by atoms with E-state index in [1.54, 1.807) is 4.52 Å². The molecule has 1 aromatic carbocycles. The Balaban J connectivity index is 1.73. The highest BCUT2D eigenvalue weighted by Crippen LogP contribution is 2.24. The first-order valence-corrected chi connectivity index (χ1v) is 9.57. The van der Waals surface area contributed by atoms with Gasteiger partial charge in [0, 0.05) is 39.5 Å². The summed E-state index contributed by atoms with van der Waals surface area (Å²) in [5.41, 5.74) is 3.74. The second kappa shape index (κ2) is 7.31. The van der Waals surface area contributed by atoms with Crippen LogP contribution in [0.15, 0.2) is 39.6 Å². The van der Waals surface area contributed by atoms with E-state index in [1.807, 2.05) is 26.0 Å². The number of carbonyl (C=O) groups excluding carboxylic acids is 1. The summed E-state index contributed by atoms with van der Waals surface area (Å²) < 4.78 is 2.66. The van der Waals surface area contributed by atoms with Crippen molar-refractivity contribution in [2.24, 2.45) is 0 Å². The average Bonchev–Trinajstić information content (AvgIpc) is 2.98. The number of carbonyl (C=O) groups is 1. The molecule has 3 rings (SSSR count). The number of aryl methyl sites for hydroxylation is 2. The van der Waals surface area contributed by atoms with Gasteiger partial charge in [-0.3, -0.25) is 14.7 Å². The topological polar surface area (TPSA) is 79.3 Å². The molecule has 6 nitrogen and oxygen atoms in total. The maximum Gasteiger partial charge on any atom is 0.266 e. The van der Waals surface area contributed by atoms with Crippen LogP contribution in [-0.4, -0.2) is 27.0 Å². The number of halogens is 1. The number of aromatic nitrogens is 3. The Bertz CT molecular complexity index is 1050. The van der Waals surface area contributed by atoms with Crippen LogP contribution in [0.2, 0.25) is 0 Å². The molecular formula is C20H23BrN4O2. The molecule has 0 atom stereocenters. The van der Waals surface area contributed by atoms with E-state index in [0.717, 1.165) is 27.0 Å². The number of benzene rings is 1. The van der Waals surface area contributed by atoms with Crippen molar-refractivity contribution in [1.82, 2.24) is 19.9 Å². The number of H-pyrrole nitrogens is 1. The van der Waals surface area contributed by atoms with E-state index in [-0.39, 0.29) is 23.3 Å². The standard InChI is InChI=1S/C20H23BrN4O2/c1-12-16(13(2)25-17(23-12)10-19(27)24-25)9-18(26)22-11-20(3,4)14-5-7-15(21)8-6-14/h5-8,10H,9,11H2,1-4H3,(H,22,26)(H,24,27). The molecule has 0 aliphatic rings. The first-order valence-electron chi connectivity index (χ1n) is 8.78. The van der Waals surface area contributed by atoms with Crippen molar-refractivity contribution in [3.05, 3.63) is 67.7 Å². The number of amides is 1. The van der Waals surface area contributed by atoms with Crippen molar-refractivity contribution in [2.45, 2.75) is 39.5 Å². The van der Waals surface area contributed by atoms with E-state index in [2.05, 4.69) is 57.3 Å². The van der Waals surface area contributed by atoms with Crippen LogP contribution in [0.1, 0.15) is 36.4 Å². The molecular weight excluding hydrogens is 408 g/mol. The van der Waals surface area contributed by atoms with Crippen molar-refractivity contribution in [1.29, 1.82) is 0 Å². The zero-order valence-corrected chi connectivity index (χ0v) is 17.5. The number of nitrogens with zero attached hydrogens (tertiary/aromatic N) is 2. The molecule has 0 bridgehead atoms. The summed E-state index contributed by atoms with van der Waals surface area (Å²) in [4.78, 5) is 28.5. The van der Waals surface area contributed by atoms with Crippen LogP contribution in [0.25, 0.3) is 5.65 Å². The van der Waals surface area contributed by atoms with Crippen LogP contribution in [-0.2, 0) is 16.6 Å². The Morgan fingerprint density at radius 1 is 1.26 bits per heavy atom. The number of rotatable bonds is 5. The number of fused-ring (bicyclic) bond motifs is 1. The second-order valence-electron chi connectivity index (χ2n) is 7.42. The monoisotopic (exact) mass is 430 g/mol. The normalized spacial score (nSPS) is 11.7. The summed E-state index contributed by atoms with van der Waals surface area (Å²) in [5, 5.41) is 5.75. The van der Waals surface area contributed by atoms with Gasteiger partial charge in [-0.15, -0.1) is 0 Å². The van der Waals surface area contributed by atoms with Gasteiger partial charge in [-0.2, -0.15) is 0 Å². The molecule has 27 heavy (non-hydrogen) atoms. The van der Waals surface area contributed by atoms with Gasteiger partial charge in [0.2, 0.25) is 5.91 Å². The minimum Gasteiger partial charge on any atom is -0.355 e. The molecule has 2 aromatic heterocycles. The molecule has 0 aliphatic carbocycles. The van der Waals surface area contributed by atoms with Crippen LogP contribution >= 0.6 is 15.9 Å². The molecule has 142 valence electrons. The van der Waals surface area contributed by atoms with E-state index >= 15 is 0 Å². The molecule has 2 heterocycles. The minimum absolute atomic E-state index is 0.0676. The van der Waals surface area contributed by atoms with Gasteiger partial charge < -0.3 is 5.32 Å². The molecule has 0 fully saturated rings. The summed E-state index contributed by atoms with van der Waals surface area (Å²) in [6, 6.07) is 9.58. The fraction of sp³-hybridized carbons (Fsp3) is 0.350. The molecule has 0 saturated heterocycles. The van der Waals surface area contributed by atoms with Gasteiger partial charge in [0.1, 0.15) is 0 Å². The van der Waals surface area contributed by atoms with Gasteiger partial charge in [-0.1, -0.05) is 41.9 Å². The molecule has 0 saturated carbocycles. The molecule has 7 heteroatoms. The maximum atomic E-state index is 12.6. The fourth-order valence-corrected chi connectivity index (χ4v) is 3.42. The van der Waals surface area contributed by atoms with Gasteiger partial charge >= 0.3 is 0 Å². The van der Waals surface area contributed by atoms with E-state index in [4.69, 9.17) is 0 Å². The third-order valence-electron chi connectivity index (χ3n) is 4.89. The molecule has 0 unspecified atom stereocenters. The maximum absolute atomic E-state index is 12.6. The quantitative estimate of drug-likeness (QED) is 0.652. The van der Waals surface area contributed by atoms with Crippen LogP contribution in [0.3, 0.4) is 0 Å². The van der Waals surface area contributed by atoms with Crippen molar-refractivity contribution >= 4 is 27.5 Å². The van der Waals surface area contributed by atoms with E-state index < -0.39 is 0 Å². The summed E-state index contributed by atoms with van der Waals surface area (Å²) in [6.07, 6.45) is 0.219. The Hall–Kier alpha value is -2.41. The van der Waals surface area contributed by atoms with E-state index in [1.165, 1.54) is 6.07 Å². The van der Waals surface area contributed by atoms with Crippen molar-refractivity contribution < 1.29 is 4.79 Å². The predicted octanol–water partition coefficient (Wildman–Crippen LogP) is 3.04. The number of aromatic amines is 1. The molecule has 0 aliphatic heterocycles. The van der Waals surface area contributed by atoms with Gasteiger partial charge in [0.15, 0.2) is 5.65 Å². The lowest BCUT2D eigenvalue weighted by Crippen LogP contribution is -2.37. The van der Waals surface area contributed by atoms with Crippen molar-refractivity contribution in [3.8, 4) is 0 Å². The Morgan fingerprint density at radius 3 is 2.59 bits per heavy atom. The number of nitrogens with one attached hydrogen (secondary N) is 2. The van der Waals surface area contributed by atoms with Gasteiger partial charge in [0.05, 0.1) is 6.42 Å². The highest BCUT2D eigenvalue weighted by Gasteiger charge is 2.22. The summed E-state index contributed by atoms with van der Waals surface area (Å²) in [7, 11) is 0. The Morgan fingerprint density at radius 2 is 1.93 bits per heavy atom. The third kappa shape index (κ3) is 4.13. The molecule has 0 radical (unpaired) electrons. The number of hydrogen-bond acceptors (Lipinski definition) is 3. The highest BCUT2D eigenvalue weighted by molar-refractivity contribution is 9.10. The lowest BCUT2D eigenvalue weighted by molar-refractivity contribution is -0.120. The van der Waals surface area contributed by atoms with Gasteiger partial charge in [-0.05, 0) is 31.5 Å². The van der Waals surface area contributed by atoms with Crippen LogP contribution in [0.5, 0.6) is 0 Å². The lowest BCUT2D eigenvalue weighted by atomic mass is 9.84. The minimum atomic E-state index is -0.206. The SMILES string of the molecule is Cc1nc2cc(=O)[nH]n2c(C)c1CC(=O)NCC(C)(C)c1ccc(Br)cc1. The molecule has 3 aromatic rings. The molecule has 2 N–H and O–H groups in total. The third-order valence-corrected chi connectivity index (χ3v) is 5.42. The van der Waals surface area contributed by atoms with Gasteiger partial charge in [-0.25, -0.2) is 9.50 Å². The first-order chi connectivity index (χ1) is 12.7. The largest absolute Gasteiger partial charge is 0.355 e. The second-order valence-corrected chi connectivity index (χ2v) is 8.34. The molecule has 0 spiro atoms. The summed E-state index contributed by atoms with van der Waals surface area (Å²) >= 11 is 3.44. The van der Waals surface area contributed by atoms with Crippen molar-refractivity contribution in [3.63, 3.8) is 0 Å². The van der Waals surface area contributed by atoms with E-state index in [0.29, 0.717) is 12.2 Å². The first kappa shape index (κ1) is 19.4. The highest BCUT2D eigenvalue weighted by atomic mass is 79.9. The van der Waals surface area contributed by atoms with Crippen molar-refractivity contribution in [2.75, 3.05) is 6.54 Å². The van der Waals surface area contributed by atoms with Gasteiger partial charge in [0.25, 0.3) is 5.56 Å². The van der Waals surface area contributed by atoms with Crippen LogP contribution in [0.4, 0.5) is 0 Å². The Kier molecular flexibility index (Phi) is 5.24.